The van der Waals surface area contributed by atoms with Crippen molar-refractivity contribution in [3.8, 4) is 5.75 Å². The molecule has 1 aromatic carbocycles. The lowest BCUT2D eigenvalue weighted by atomic mass is 9.79. The molecule has 2 rings (SSSR count). The van der Waals surface area contributed by atoms with Crippen molar-refractivity contribution in [3.63, 3.8) is 0 Å². The molecule has 6 nitrogen and oxygen atoms in total. The highest BCUT2D eigenvalue weighted by Gasteiger charge is 2.51. The van der Waals surface area contributed by atoms with Crippen LogP contribution in [0.25, 0.3) is 0 Å². The van der Waals surface area contributed by atoms with Gasteiger partial charge in [0.05, 0.1) is 17.8 Å². The summed E-state index contributed by atoms with van der Waals surface area (Å²) < 4.78 is 23.1. The zero-order valence-electron chi connectivity index (χ0n) is 19.5. The number of alkyl carbamates (subject to hydrolysis) is 1. The third-order valence-electron chi connectivity index (χ3n) is 4.64. The smallest absolute Gasteiger partial charge is 0.494 e. The summed E-state index contributed by atoms with van der Waals surface area (Å²) in [5, 5.41) is 2.72. The molecule has 0 radical (unpaired) electrons. The van der Waals surface area contributed by atoms with E-state index in [9.17, 15) is 4.79 Å². The maximum Gasteiger partial charge on any atom is 0.494 e. The topological polar surface area (TPSA) is 66.0 Å². The highest BCUT2D eigenvalue weighted by molar-refractivity contribution is 6.62. The Balaban J connectivity index is 0.00000204. The summed E-state index contributed by atoms with van der Waals surface area (Å²) in [6, 6.07) is 7.73. The summed E-state index contributed by atoms with van der Waals surface area (Å²) in [4.78, 5) is 11.6. The molecule has 1 amide bonds. The van der Waals surface area contributed by atoms with Crippen LogP contribution in [0.1, 0.15) is 68.7 Å². The Bertz CT molecular complexity index is 639. The van der Waals surface area contributed by atoms with E-state index in [4.69, 9.17) is 18.8 Å². The molecule has 7 heteroatoms. The Labute approximate surface area is 176 Å². The van der Waals surface area contributed by atoms with Crippen molar-refractivity contribution in [2.24, 2.45) is 0 Å². The van der Waals surface area contributed by atoms with Crippen LogP contribution in [-0.4, -0.2) is 43.2 Å². The zero-order valence-corrected chi connectivity index (χ0v) is 19.5. The summed E-state index contributed by atoms with van der Waals surface area (Å²) in [6.07, 6.45) is 0.269. The molecule has 1 fully saturated rings. The van der Waals surface area contributed by atoms with Gasteiger partial charge in [-0.15, -0.1) is 0 Å². The molecule has 29 heavy (non-hydrogen) atoms. The summed E-state index contributed by atoms with van der Waals surface area (Å²) in [7, 11) is -0.410. The van der Waals surface area contributed by atoms with Gasteiger partial charge in [0.1, 0.15) is 11.4 Å². The lowest BCUT2D eigenvalue weighted by Gasteiger charge is -2.32. The number of carbonyl (C=O) groups excluding carboxylic acids is 1. The van der Waals surface area contributed by atoms with Gasteiger partial charge in [0.25, 0.3) is 0 Å². The normalized spacial score (nSPS) is 17.2. The maximum atomic E-state index is 11.6. The number of nitrogens with one attached hydrogen (secondary N) is 1. The molecule has 0 atom stereocenters. The van der Waals surface area contributed by atoms with Gasteiger partial charge in [0, 0.05) is 6.54 Å². The second-order valence-electron chi connectivity index (χ2n) is 8.79. The minimum Gasteiger partial charge on any atom is -0.494 e. The van der Waals surface area contributed by atoms with Gasteiger partial charge in [0.2, 0.25) is 0 Å². The van der Waals surface area contributed by atoms with Crippen LogP contribution in [0.2, 0.25) is 0 Å². The van der Waals surface area contributed by atoms with Gasteiger partial charge in [-0.3, -0.25) is 0 Å². The molecular weight excluding hydrogens is 369 g/mol. The fourth-order valence-electron chi connectivity index (χ4n) is 2.50. The van der Waals surface area contributed by atoms with Crippen molar-refractivity contribution < 1.29 is 23.6 Å². The molecule has 0 spiro atoms. The first kappa shape index (κ1) is 25.3. The standard InChI is InChI=1S/C20H32BNO5.C2H6/c1-18(2,3)25-17(23)22-12-9-13-24-16-11-8-10-15(14-16)21-26-19(4,5)20(6,7)27-21;1-2/h8,10-11,14H,9,12-13H2,1-7H3,(H,22,23);1-2H3. The molecule has 0 unspecified atom stereocenters. The van der Waals surface area contributed by atoms with Crippen molar-refractivity contribution in [1.29, 1.82) is 0 Å². The molecule has 0 bridgehead atoms. The van der Waals surface area contributed by atoms with E-state index >= 15 is 0 Å². The van der Waals surface area contributed by atoms with Gasteiger partial charge in [-0.25, -0.2) is 4.79 Å². The predicted molar refractivity (Wildman–Crippen MR) is 118 cm³/mol. The van der Waals surface area contributed by atoms with Crippen molar-refractivity contribution >= 4 is 18.7 Å². The summed E-state index contributed by atoms with van der Waals surface area (Å²) in [5.74, 6) is 0.750. The van der Waals surface area contributed by atoms with Crippen LogP contribution in [0, 0.1) is 0 Å². The summed E-state index contributed by atoms with van der Waals surface area (Å²) >= 11 is 0. The Morgan fingerprint density at radius 2 is 1.69 bits per heavy atom. The number of ether oxygens (including phenoxy) is 2. The van der Waals surface area contributed by atoms with E-state index in [1.165, 1.54) is 0 Å². The maximum absolute atomic E-state index is 11.6. The molecular formula is C22H38BNO5. The van der Waals surface area contributed by atoms with Crippen LogP contribution in [0.5, 0.6) is 5.75 Å². The van der Waals surface area contributed by atoms with Crippen molar-refractivity contribution in [2.45, 2.75) is 85.5 Å². The van der Waals surface area contributed by atoms with Crippen LogP contribution in [0.15, 0.2) is 24.3 Å². The first-order chi connectivity index (χ1) is 13.4. The van der Waals surface area contributed by atoms with Crippen LogP contribution in [0.4, 0.5) is 4.79 Å². The van der Waals surface area contributed by atoms with E-state index in [1.54, 1.807) is 0 Å². The SMILES string of the molecule is CC.CC(C)(C)OC(=O)NCCCOc1cccc(B2OC(C)(C)C(C)(C)O2)c1. The first-order valence-corrected chi connectivity index (χ1v) is 10.4. The molecule has 164 valence electrons. The number of carbonyl (C=O) groups is 1. The largest absolute Gasteiger partial charge is 0.494 e. The van der Waals surface area contributed by atoms with Crippen LogP contribution in [-0.2, 0) is 14.0 Å². The average Bonchev–Trinajstić information content (AvgIpc) is 2.83. The van der Waals surface area contributed by atoms with Gasteiger partial charge in [-0.2, -0.15) is 0 Å². The number of amides is 1. The third kappa shape index (κ3) is 7.90. The van der Waals surface area contributed by atoms with E-state index in [0.29, 0.717) is 19.6 Å². The minimum absolute atomic E-state index is 0.373. The van der Waals surface area contributed by atoms with E-state index in [1.807, 2.05) is 86.6 Å². The average molecular weight is 407 g/mol. The van der Waals surface area contributed by atoms with Gasteiger partial charge in [-0.1, -0.05) is 26.0 Å². The molecule has 1 aliphatic rings. The number of hydrogen-bond donors (Lipinski definition) is 1. The van der Waals surface area contributed by atoms with Crippen molar-refractivity contribution in [3.05, 3.63) is 24.3 Å². The molecule has 1 heterocycles. The van der Waals surface area contributed by atoms with Gasteiger partial charge in [-0.05, 0) is 72.5 Å². The number of hydrogen-bond acceptors (Lipinski definition) is 5. The molecule has 1 saturated heterocycles. The molecule has 0 aliphatic carbocycles. The molecule has 0 saturated carbocycles. The van der Waals surface area contributed by atoms with Crippen molar-refractivity contribution in [2.75, 3.05) is 13.2 Å². The van der Waals surface area contributed by atoms with E-state index in [0.717, 1.165) is 11.2 Å². The van der Waals surface area contributed by atoms with Crippen LogP contribution in [0.3, 0.4) is 0 Å². The minimum atomic E-state index is -0.492. The van der Waals surface area contributed by atoms with Crippen LogP contribution >= 0.6 is 0 Å². The summed E-state index contributed by atoms with van der Waals surface area (Å²) in [5.41, 5.74) is -0.309. The summed E-state index contributed by atoms with van der Waals surface area (Å²) in [6.45, 7) is 18.6. The second kappa shape index (κ2) is 10.3. The Morgan fingerprint density at radius 3 is 2.24 bits per heavy atom. The Hall–Kier alpha value is -1.73. The first-order valence-electron chi connectivity index (χ1n) is 10.4. The lowest BCUT2D eigenvalue weighted by molar-refractivity contribution is 0.00578. The third-order valence-corrected chi connectivity index (χ3v) is 4.64. The molecule has 1 N–H and O–H groups in total. The molecule has 1 aliphatic heterocycles. The highest BCUT2D eigenvalue weighted by atomic mass is 16.7. The van der Waals surface area contributed by atoms with E-state index < -0.39 is 18.8 Å². The van der Waals surface area contributed by atoms with Crippen LogP contribution < -0.4 is 15.5 Å². The highest BCUT2D eigenvalue weighted by Crippen LogP contribution is 2.36. The predicted octanol–water partition coefficient (Wildman–Crippen LogP) is 4.31. The van der Waals surface area contributed by atoms with Gasteiger partial charge in [0.15, 0.2) is 0 Å². The van der Waals surface area contributed by atoms with Crippen molar-refractivity contribution in [1.82, 2.24) is 5.32 Å². The quantitative estimate of drug-likeness (QED) is 0.563. The molecule has 0 aromatic heterocycles. The number of benzene rings is 1. The Kier molecular flexibility index (Phi) is 9.03. The fourth-order valence-corrected chi connectivity index (χ4v) is 2.50. The Morgan fingerprint density at radius 1 is 1.10 bits per heavy atom. The lowest BCUT2D eigenvalue weighted by Crippen LogP contribution is -2.41. The fraction of sp³-hybridized carbons (Fsp3) is 0.682. The van der Waals surface area contributed by atoms with Gasteiger partial charge < -0.3 is 24.1 Å². The molecule has 1 aromatic rings. The number of rotatable bonds is 6. The monoisotopic (exact) mass is 407 g/mol. The second-order valence-corrected chi connectivity index (χ2v) is 8.79. The zero-order chi connectivity index (χ0) is 22.3. The van der Waals surface area contributed by atoms with E-state index in [2.05, 4.69) is 5.32 Å². The van der Waals surface area contributed by atoms with E-state index in [-0.39, 0.29) is 11.2 Å². The van der Waals surface area contributed by atoms with Gasteiger partial charge >= 0.3 is 13.2 Å².